The Morgan fingerprint density at radius 1 is 1.56 bits per heavy atom. The summed E-state index contributed by atoms with van der Waals surface area (Å²) < 4.78 is 5.45. The molecule has 2 rings (SSSR count). The Morgan fingerprint density at radius 2 is 2.33 bits per heavy atom. The van der Waals surface area contributed by atoms with Crippen molar-refractivity contribution < 1.29 is 9.53 Å². The van der Waals surface area contributed by atoms with Gasteiger partial charge >= 0.3 is 5.97 Å². The monoisotopic (exact) mass is 267 g/mol. The molecule has 0 saturated carbocycles. The number of fused-ring (bicyclic) bond motifs is 1. The van der Waals surface area contributed by atoms with Gasteiger partial charge in [0.05, 0.1) is 6.61 Å². The lowest BCUT2D eigenvalue weighted by Crippen LogP contribution is -2.35. The zero-order chi connectivity index (χ0) is 13.0. The fourth-order valence-corrected chi connectivity index (χ4v) is 3.19. The SMILES string of the molecule is CCC(CC)COC(=O)C1NCCc2sccc21. The molecule has 1 N–H and O–H groups in total. The molecule has 0 amide bonds. The van der Waals surface area contributed by atoms with Gasteiger partial charge in [-0.15, -0.1) is 11.3 Å². The lowest BCUT2D eigenvalue weighted by Gasteiger charge is -2.23. The fourth-order valence-electron chi connectivity index (χ4n) is 2.27. The fraction of sp³-hybridized carbons (Fsp3) is 0.643. The number of rotatable bonds is 5. The second kappa shape index (κ2) is 6.34. The maximum atomic E-state index is 12.1. The lowest BCUT2D eigenvalue weighted by molar-refractivity contribution is -0.148. The van der Waals surface area contributed by atoms with Crippen molar-refractivity contribution in [3.05, 3.63) is 21.9 Å². The maximum Gasteiger partial charge on any atom is 0.327 e. The van der Waals surface area contributed by atoms with Gasteiger partial charge in [0, 0.05) is 11.4 Å². The van der Waals surface area contributed by atoms with Crippen LogP contribution >= 0.6 is 11.3 Å². The summed E-state index contributed by atoms with van der Waals surface area (Å²) in [6, 6.07) is 1.78. The Bertz CT molecular complexity index is 398. The van der Waals surface area contributed by atoms with E-state index in [9.17, 15) is 4.79 Å². The molecule has 1 aromatic heterocycles. The van der Waals surface area contributed by atoms with Crippen molar-refractivity contribution in [2.45, 2.75) is 39.2 Å². The number of carbonyl (C=O) groups excluding carboxylic acids is 1. The molecule has 0 saturated heterocycles. The molecule has 0 aliphatic carbocycles. The van der Waals surface area contributed by atoms with E-state index in [4.69, 9.17) is 4.74 Å². The van der Waals surface area contributed by atoms with E-state index in [0.717, 1.165) is 31.4 Å². The highest BCUT2D eigenvalue weighted by atomic mass is 32.1. The van der Waals surface area contributed by atoms with E-state index in [1.165, 1.54) is 4.88 Å². The number of nitrogens with one attached hydrogen (secondary N) is 1. The van der Waals surface area contributed by atoms with Gasteiger partial charge < -0.3 is 10.1 Å². The van der Waals surface area contributed by atoms with Gasteiger partial charge in [0.1, 0.15) is 6.04 Å². The van der Waals surface area contributed by atoms with E-state index >= 15 is 0 Å². The standard InChI is InChI=1S/C14H21NO2S/c1-3-10(4-2)9-17-14(16)13-11-6-8-18-12(11)5-7-15-13/h6,8,10,13,15H,3-5,7,9H2,1-2H3. The maximum absolute atomic E-state index is 12.1. The van der Waals surface area contributed by atoms with Crippen LogP contribution in [0.15, 0.2) is 11.4 Å². The van der Waals surface area contributed by atoms with Crippen LogP contribution in [0.5, 0.6) is 0 Å². The van der Waals surface area contributed by atoms with Crippen molar-refractivity contribution in [1.82, 2.24) is 5.32 Å². The Balaban J connectivity index is 1.95. The molecule has 18 heavy (non-hydrogen) atoms. The third-order valence-electron chi connectivity index (χ3n) is 3.64. The molecule has 0 bridgehead atoms. The predicted molar refractivity (Wildman–Crippen MR) is 73.8 cm³/mol. The molecule has 4 heteroatoms. The number of ether oxygens (including phenoxy) is 1. The van der Waals surface area contributed by atoms with Crippen LogP contribution in [0.2, 0.25) is 0 Å². The number of carbonyl (C=O) groups is 1. The Kier molecular flexibility index (Phi) is 4.78. The van der Waals surface area contributed by atoms with Gasteiger partial charge in [0.2, 0.25) is 0 Å². The van der Waals surface area contributed by atoms with Gasteiger partial charge in [-0.05, 0) is 29.3 Å². The first-order chi connectivity index (χ1) is 8.76. The minimum Gasteiger partial charge on any atom is -0.464 e. The van der Waals surface area contributed by atoms with Crippen LogP contribution in [0.25, 0.3) is 0 Å². The summed E-state index contributed by atoms with van der Waals surface area (Å²) in [6.45, 7) is 5.68. The summed E-state index contributed by atoms with van der Waals surface area (Å²) in [6.07, 6.45) is 3.14. The quantitative estimate of drug-likeness (QED) is 0.834. The Labute approximate surface area is 113 Å². The van der Waals surface area contributed by atoms with Crippen LogP contribution in [-0.4, -0.2) is 19.1 Å². The van der Waals surface area contributed by atoms with Crippen molar-refractivity contribution in [3.63, 3.8) is 0 Å². The third-order valence-corrected chi connectivity index (χ3v) is 4.64. The summed E-state index contributed by atoms with van der Waals surface area (Å²) in [5, 5.41) is 5.31. The van der Waals surface area contributed by atoms with E-state index in [1.54, 1.807) is 11.3 Å². The van der Waals surface area contributed by atoms with Crippen LogP contribution in [-0.2, 0) is 16.0 Å². The van der Waals surface area contributed by atoms with Crippen molar-refractivity contribution in [2.24, 2.45) is 5.92 Å². The van der Waals surface area contributed by atoms with Crippen molar-refractivity contribution in [3.8, 4) is 0 Å². The van der Waals surface area contributed by atoms with Crippen molar-refractivity contribution in [1.29, 1.82) is 0 Å². The molecule has 1 atom stereocenters. The van der Waals surface area contributed by atoms with Gasteiger partial charge in [-0.1, -0.05) is 26.7 Å². The number of hydrogen-bond acceptors (Lipinski definition) is 4. The largest absolute Gasteiger partial charge is 0.464 e. The van der Waals surface area contributed by atoms with E-state index < -0.39 is 0 Å². The molecule has 1 aliphatic heterocycles. The molecular formula is C14H21NO2S. The van der Waals surface area contributed by atoms with Crippen molar-refractivity contribution in [2.75, 3.05) is 13.2 Å². The zero-order valence-electron chi connectivity index (χ0n) is 11.1. The van der Waals surface area contributed by atoms with E-state index in [-0.39, 0.29) is 12.0 Å². The molecule has 0 radical (unpaired) electrons. The zero-order valence-corrected chi connectivity index (χ0v) is 11.9. The van der Waals surface area contributed by atoms with Gasteiger partial charge in [0.15, 0.2) is 0 Å². The summed E-state index contributed by atoms with van der Waals surface area (Å²) in [5.41, 5.74) is 1.11. The first kappa shape index (κ1) is 13.6. The highest BCUT2D eigenvalue weighted by Gasteiger charge is 2.28. The normalized spacial score (nSPS) is 18.7. The second-order valence-electron chi connectivity index (χ2n) is 4.75. The second-order valence-corrected chi connectivity index (χ2v) is 5.75. The molecule has 0 aromatic carbocycles. The summed E-state index contributed by atoms with van der Waals surface area (Å²) >= 11 is 1.73. The minimum atomic E-state index is -0.255. The molecule has 0 spiro atoms. The smallest absolute Gasteiger partial charge is 0.327 e. The molecule has 1 aliphatic rings. The van der Waals surface area contributed by atoms with E-state index in [0.29, 0.717) is 12.5 Å². The third kappa shape index (κ3) is 2.93. The van der Waals surface area contributed by atoms with Gasteiger partial charge in [-0.25, -0.2) is 4.79 Å². The van der Waals surface area contributed by atoms with Crippen LogP contribution in [0, 0.1) is 5.92 Å². The highest BCUT2D eigenvalue weighted by molar-refractivity contribution is 7.10. The summed E-state index contributed by atoms with van der Waals surface area (Å²) in [4.78, 5) is 13.4. The molecule has 1 unspecified atom stereocenters. The number of esters is 1. The topological polar surface area (TPSA) is 38.3 Å². The summed E-state index contributed by atoms with van der Waals surface area (Å²) in [5.74, 6) is 0.362. The summed E-state index contributed by atoms with van der Waals surface area (Å²) in [7, 11) is 0. The van der Waals surface area contributed by atoms with Crippen LogP contribution < -0.4 is 5.32 Å². The van der Waals surface area contributed by atoms with Gasteiger partial charge in [0.25, 0.3) is 0 Å². The minimum absolute atomic E-state index is 0.124. The van der Waals surface area contributed by atoms with Gasteiger partial charge in [-0.2, -0.15) is 0 Å². The van der Waals surface area contributed by atoms with Crippen LogP contribution in [0.3, 0.4) is 0 Å². The van der Waals surface area contributed by atoms with Gasteiger partial charge in [-0.3, -0.25) is 0 Å². The average molecular weight is 267 g/mol. The Hall–Kier alpha value is -0.870. The van der Waals surface area contributed by atoms with E-state index in [1.807, 2.05) is 6.07 Å². The average Bonchev–Trinajstić information content (AvgIpc) is 2.87. The van der Waals surface area contributed by atoms with Crippen molar-refractivity contribution >= 4 is 17.3 Å². The predicted octanol–water partition coefficient (Wildman–Crippen LogP) is 2.91. The lowest BCUT2D eigenvalue weighted by atomic mass is 10.0. The number of hydrogen-bond donors (Lipinski definition) is 1. The molecule has 100 valence electrons. The van der Waals surface area contributed by atoms with Crippen LogP contribution in [0.4, 0.5) is 0 Å². The highest BCUT2D eigenvalue weighted by Crippen LogP contribution is 2.28. The molecule has 0 fully saturated rings. The van der Waals surface area contributed by atoms with Crippen LogP contribution in [0.1, 0.15) is 43.2 Å². The molecule has 2 heterocycles. The molecule has 3 nitrogen and oxygen atoms in total. The van der Waals surface area contributed by atoms with E-state index in [2.05, 4.69) is 24.5 Å². The Morgan fingerprint density at radius 3 is 3.06 bits per heavy atom. The molecule has 1 aromatic rings. The molecular weight excluding hydrogens is 246 g/mol. The number of thiophene rings is 1. The first-order valence-electron chi connectivity index (χ1n) is 6.72. The first-order valence-corrected chi connectivity index (χ1v) is 7.60.